The van der Waals surface area contributed by atoms with Crippen LogP contribution in [-0.4, -0.2) is 57.0 Å². The molecule has 2 heterocycles. The lowest BCUT2D eigenvalue weighted by molar-refractivity contribution is -0.101. The lowest BCUT2D eigenvalue weighted by Gasteiger charge is -2.28. The van der Waals surface area contributed by atoms with E-state index in [1.165, 1.54) is 20.2 Å². The molecule has 3 N–H and O–H groups in total. The first kappa shape index (κ1) is 21.0. The van der Waals surface area contributed by atoms with Crippen molar-refractivity contribution >= 4 is 7.82 Å². The zero-order chi connectivity index (χ0) is 19.6. The maximum Gasteiger partial charge on any atom is 0.469 e. The SMILES string of the molecule is COC1[C@@H](OC(C)C)[C@@H]([C@@H](C)OP(=O)(O)O)O[C@H]1n1ccc(=O)[nH]c1=O. The predicted molar refractivity (Wildman–Crippen MR) is 88.6 cm³/mol. The van der Waals surface area contributed by atoms with E-state index in [9.17, 15) is 14.2 Å². The summed E-state index contributed by atoms with van der Waals surface area (Å²) in [5, 5.41) is 0. The highest BCUT2D eigenvalue weighted by Crippen LogP contribution is 2.42. The van der Waals surface area contributed by atoms with Crippen molar-refractivity contribution in [3.05, 3.63) is 33.1 Å². The van der Waals surface area contributed by atoms with Crippen LogP contribution >= 0.6 is 7.82 Å². The average molecular weight is 394 g/mol. The summed E-state index contributed by atoms with van der Waals surface area (Å²) in [4.78, 5) is 43.6. The summed E-state index contributed by atoms with van der Waals surface area (Å²) in [7, 11) is -3.37. The van der Waals surface area contributed by atoms with E-state index in [0.29, 0.717) is 0 Å². The van der Waals surface area contributed by atoms with Gasteiger partial charge in [0.1, 0.15) is 18.3 Å². The lowest BCUT2D eigenvalue weighted by Crippen LogP contribution is -2.43. The topological polar surface area (TPSA) is 149 Å². The van der Waals surface area contributed by atoms with Gasteiger partial charge in [0.25, 0.3) is 5.56 Å². The Labute approximate surface area is 149 Å². The van der Waals surface area contributed by atoms with Crippen molar-refractivity contribution in [2.75, 3.05) is 7.11 Å². The number of rotatable bonds is 7. The number of hydrogen-bond acceptors (Lipinski definition) is 7. The third-order valence-electron chi connectivity index (χ3n) is 3.82. The van der Waals surface area contributed by atoms with E-state index >= 15 is 0 Å². The maximum atomic E-state index is 12.1. The Balaban J connectivity index is 2.40. The molecular weight excluding hydrogens is 371 g/mol. The quantitative estimate of drug-likeness (QED) is 0.532. The molecule has 1 aliphatic rings. The van der Waals surface area contributed by atoms with E-state index in [2.05, 4.69) is 4.98 Å². The molecule has 2 rings (SSSR count). The Morgan fingerprint density at radius 3 is 2.42 bits per heavy atom. The van der Waals surface area contributed by atoms with Gasteiger partial charge in [-0.15, -0.1) is 0 Å². The Kier molecular flexibility index (Phi) is 6.56. The highest BCUT2D eigenvalue weighted by Gasteiger charge is 2.50. The molecule has 1 aliphatic heterocycles. The van der Waals surface area contributed by atoms with Gasteiger partial charge in [0.2, 0.25) is 0 Å². The number of ether oxygens (including phenoxy) is 3. The van der Waals surface area contributed by atoms with Crippen LogP contribution in [0.25, 0.3) is 0 Å². The van der Waals surface area contributed by atoms with Crippen LogP contribution < -0.4 is 11.2 Å². The molecule has 1 aromatic heterocycles. The molecule has 0 aromatic carbocycles. The highest BCUT2D eigenvalue weighted by atomic mass is 31.2. The average Bonchev–Trinajstić information content (AvgIpc) is 2.83. The summed E-state index contributed by atoms with van der Waals surface area (Å²) in [6, 6.07) is 1.15. The van der Waals surface area contributed by atoms with Crippen molar-refractivity contribution in [1.29, 1.82) is 0 Å². The van der Waals surface area contributed by atoms with Crippen LogP contribution in [0.1, 0.15) is 27.0 Å². The fourth-order valence-corrected chi connectivity index (χ4v) is 3.44. The lowest BCUT2D eigenvalue weighted by atomic mass is 10.1. The first-order chi connectivity index (χ1) is 12.0. The standard InChI is InChI=1S/C14H23N2O9P/c1-7(2)23-11-10(8(3)25-26(19,20)21)24-13(12(11)22-4)16-6-5-9(17)15-14(16)18/h5-8,10-13H,1-4H3,(H,15,17,18)(H2,19,20,21)/t8-,10-,11+,12?,13-/m1/s1. The number of nitrogens with zero attached hydrogens (tertiary/aromatic N) is 1. The number of hydrogen-bond donors (Lipinski definition) is 3. The molecule has 148 valence electrons. The van der Waals surface area contributed by atoms with Crippen molar-refractivity contribution in [3.63, 3.8) is 0 Å². The van der Waals surface area contributed by atoms with E-state index in [4.69, 9.17) is 28.5 Å². The van der Waals surface area contributed by atoms with Gasteiger partial charge in [-0.25, -0.2) is 9.36 Å². The van der Waals surface area contributed by atoms with Gasteiger partial charge in [-0.2, -0.15) is 0 Å². The summed E-state index contributed by atoms with van der Waals surface area (Å²) >= 11 is 0. The number of H-pyrrole nitrogens is 1. The zero-order valence-corrected chi connectivity index (χ0v) is 15.7. The van der Waals surface area contributed by atoms with Crippen LogP contribution in [0.5, 0.6) is 0 Å². The molecule has 1 unspecified atom stereocenters. The van der Waals surface area contributed by atoms with Gasteiger partial charge in [0, 0.05) is 19.4 Å². The number of nitrogens with one attached hydrogen (secondary N) is 1. The van der Waals surface area contributed by atoms with Crippen LogP contribution in [-0.2, 0) is 23.3 Å². The van der Waals surface area contributed by atoms with Crippen molar-refractivity contribution in [2.24, 2.45) is 0 Å². The monoisotopic (exact) mass is 394 g/mol. The zero-order valence-electron chi connectivity index (χ0n) is 14.8. The van der Waals surface area contributed by atoms with Crippen LogP contribution in [0.15, 0.2) is 21.9 Å². The number of phosphoric ester groups is 1. The smallest absolute Gasteiger partial charge is 0.374 e. The first-order valence-electron chi connectivity index (χ1n) is 7.92. The molecule has 11 nitrogen and oxygen atoms in total. The molecule has 1 fully saturated rings. The van der Waals surface area contributed by atoms with Gasteiger partial charge < -0.3 is 24.0 Å². The van der Waals surface area contributed by atoms with Gasteiger partial charge >= 0.3 is 13.5 Å². The van der Waals surface area contributed by atoms with E-state index < -0.39 is 49.7 Å². The van der Waals surface area contributed by atoms with E-state index in [1.54, 1.807) is 13.8 Å². The number of methoxy groups -OCH3 is 1. The minimum atomic E-state index is -4.76. The molecule has 5 atom stereocenters. The maximum absolute atomic E-state index is 12.1. The fraction of sp³-hybridized carbons (Fsp3) is 0.714. The van der Waals surface area contributed by atoms with Crippen molar-refractivity contribution in [2.45, 2.75) is 57.5 Å². The number of aromatic amines is 1. The molecule has 0 aliphatic carbocycles. The van der Waals surface area contributed by atoms with Crippen LogP contribution in [0, 0.1) is 0 Å². The third kappa shape index (κ3) is 4.89. The second-order valence-corrected chi connectivity index (χ2v) is 7.35. The first-order valence-corrected chi connectivity index (χ1v) is 9.45. The van der Waals surface area contributed by atoms with E-state index in [-0.39, 0.29) is 6.10 Å². The Morgan fingerprint density at radius 1 is 1.27 bits per heavy atom. The van der Waals surface area contributed by atoms with E-state index in [1.807, 2.05) is 0 Å². The summed E-state index contributed by atoms with van der Waals surface area (Å²) in [6.07, 6.45) is -3.53. The molecule has 0 bridgehead atoms. The van der Waals surface area contributed by atoms with E-state index in [0.717, 1.165) is 10.6 Å². The molecule has 0 spiro atoms. The molecular formula is C14H23N2O9P. The molecule has 0 radical (unpaired) electrons. The molecule has 0 saturated carbocycles. The normalized spacial score (nSPS) is 27.8. The van der Waals surface area contributed by atoms with Gasteiger partial charge in [0.15, 0.2) is 6.23 Å². The van der Waals surface area contributed by atoms with Gasteiger partial charge in [-0.3, -0.25) is 18.9 Å². The number of phosphoric acid groups is 1. The van der Waals surface area contributed by atoms with Crippen LogP contribution in [0.3, 0.4) is 0 Å². The highest BCUT2D eigenvalue weighted by molar-refractivity contribution is 7.46. The van der Waals surface area contributed by atoms with Crippen molar-refractivity contribution in [3.8, 4) is 0 Å². The molecule has 26 heavy (non-hydrogen) atoms. The Hall–Kier alpha value is -1.33. The summed E-state index contributed by atoms with van der Waals surface area (Å²) < 4.78 is 34.1. The largest absolute Gasteiger partial charge is 0.469 e. The van der Waals surface area contributed by atoms with Crippen LogP contribution in [0.4, 0.5) is 0 Å². The predicted octanol–water partition coefficient (Wildman–Crippen LogP) is -0.260. The van der Waals surface area contributed by atoms with Gasteiger partial charge in [-0.05, 0) is 20.8 Å². The second-order valence-electron chi connectivity index (χ2n) is 6.16. The fourth-order valence-electron chi connectivity index (χ4n) is 2.89. The van der Waals surface area contributed by atoms with Gasteiger partial charge in [-0.1, -0.05) is 0 Å². The summed E-state index contributed by atoms with van der Waals surface area (Å²) in [5.41, 5.74) is -1.28. The number of aromatic nitrogens is 2. The second kappa shape index (κ2) is 8.13. The minimum Gasteiger partial charge on any atom is -0.374 e. The van der Waals surface area contributed by atoms with Crippen molar-refractivity contribution in [1.82, 2.24) is 9.55 Å². The molecule has 0 amide bonds. The minimum absolute atomic E-state index is 0.253. The summed E-state index contributed by atoms with van der Waals surface area (Å²) in [6.45, 7) is 4.97. The Morgan fingerprint density at radius 2 is 1.92 bits per heavy atom. The molecule has 1 saturated heterocycles. The van der Waals surface area contributed by atoms with Crippen LogP contribution in [0.2, 0.25) is 0 Å². The summed E-state index contributed by atoms with van der Waals surface area (Å²) in [5.74, 6) is 0. The molecule has 1 aromatic rings. The molecule has 12 heteroatoms. The van der Waals surface area contributed by atoms with Gasteiger partial charge in [0.05, 0.1) is 12.2 Å². The van der Waals surface area contributed by atoms with Crippen molar-refractivity contribution < 1.29 is 33.1 Å². The third-order valence-corrected chi connectivity index (χ3v) is 4.43. The Bertz CT molecular complexity index is 770.